The summed E-state index contributed by atoms with van der Waals surface area (Å²) in [7, 11) is -1.27. The van der Waals surface area contributed by atoms with E-state index < -0.39 is 8.07 Å². The third-order valence-electron chi connectivity index (χ3n) is 4.83. The summed E-state index contributed by atoms with van der Waals surface area (Å²) in [6, 6.07) is 8.67. The molecule has 0 saturated carbocycles. The zero-order chi connectivity index (χ0) is 13.7. The smallest absolute Gasteiger partial charge is 0.128 e. The van der Waals surface area contributed by atoms with Crippen molar-refractivity contribution in [2.45, 2.75) is 38.9 Å². The second-order valence-corrected chi connectivity index (χ2v) is 10.7. The zero-order valence-electron chi connectivity index (χ0n) is 12.6. The molecule has 2 heterocycles. The summed E-state index contributed by atoms with van der Waals surface area (Å²) in [6.45, 7) is 11.4. The summed E-state index contributed by atoms with van der Waals surface area (Å²) in [5.41, 5.74) is 0. The SMILES string of the molecule is CC[Si](CC)(CC)c1ccnc(N2CCNCC2)c1. The fourth-order valence-corrected chi connectivity index (χ4v) is 6.77. The Labute approximate surface area is 118 Å². The molecule has 0 unspecified atom stereocenters. The second-order valence-electron chi connectivity index (χ2n) is 5.48. The third kappa shape index (κ3) is 3.00. The Morgan fingerprint density at radius 3 is 2.37 bits per heavy atom. The monoisotopic (exact) mass is 277 g/mol. The van der Waals surface area contributed by atoms with Crippen LogP contribution >= 0.6 is 0 Å². The molecule has 0 amide bonds. The largest absolute Gasteiger partial charge is 0.354 e. The summed E-state index contributed by atoms with van der Waals surface area (Å²) in [4.78, 5) is 7.02. The van der Waals surface area contributed by atoms with E-state index in [9.17, 15) is 0 Å². The number of aromatic nitrogens is 1. The van der Waals surface area contributed by atoms with Crippen LogP contribution in [0.25, 0.3) is 0 Å². The molecule has 0 spiro atoms. The molecular formula is C15H27N3Si. The lowest BCUT2D eigenvalue weighted by Gasteiger charge is -2.32. The van der Waals surface area contributed by atoms with Gasteiger partial charge in [-0.3, -0.25) is 0 Å². The van der Waals surface area contributed by atoms with Gasteiger partial charge in [-0.1, -0.05) is 44.1 Å². The van der Waals surface area contributed by atoms with Crippen LogP contribution in [0.3, 0.4) is 0 Å². The van der Waals surface area contributed by atoms with Crippen LogP contribution in [0.1, 0.15) is 20.8 Å². The molecule has 3 nitrogen and oxygen atoms in total. The van der Waals surface area contributed by atoms with E-state index in [2.05, 4.69) is 48.1 Å². The Morgan fingerprint density at radius 1 is 1.16 bits per heavy atom. The first-order valence-corrected chi connectivity index (χ1v) is 10.3. The maximum Gasteiger partial charge on any atom is 0.128 e. The molecule has 0 aliphatic carbocycles. The summed E-state index contributed by atoms with van der Waals surface area (Å²) >= 11 is 0. The van der Waals surface area contributed by atoms with Gasteiger partial charge in [0.15, 0.2) is 0 Å². The summed E-state index contributed by atoms with van der Waals surface area (Å²) in [5.74, 6) is 1.19. The van der Waals surface area contributed by atoms with E-state index >= 15 is 0 Å². The maximum atomic E-state index is 4.60. The Kier molecular flexibility index (Phi) is 4.99. The highest BCUT2D eigenvalue weighted by Crippen LogP contribution is 2.21. The fraction of sp³-hybridized carbons (Fsp3) is 0.667. The van der Waals surface area contributed by atoms with Crippen molar-refractivity contribution >= 4 is 19.1 Å². The molecule has 0 atom stereocenters. The molecule has 0 bridgehead atoms. The van der Waals surface area contributed by atoms with Crippen molar-refractivity contribution in [2.24, 2.45) is 0 Å². The number of hydrogen-bond acceptors (Lipinski definition) is 3. The predicted molar refractivity (Wildman–Crippen MR) is 86.2 cm³/mol. The second kappa shape index (κ2) is 6.53. The molecule has 19 heavy (non-hydrogen) atoms. The highest BCUT2D eigenvalue weighted by atomic mass is 28.3. The van der Waals surface area contributed by atoms with Gasteiger partial charge in [0.25, 0.3) is 0 Å². The van der Waals surface area contributed by atoms with E-state index in [0.29, 0.717) is 0 Å². The van der Waals surface area contributed by atoms with Gasteiger partial charge in [-0.15, -0.1) is 0 Å². The van der Waals surface area contributed by atoms with Gasteiger partial charge < -0.3 is 10.2 Å². The van der Waals surface area contributed by atoms with E-state index in [4.69, 9.17) is 0 Å². The molecule has 1 aromatic rings. The number of rotatable bonds is 5. The topological polar surface area (TPSA) is 28.2 Å². The van der Waals surface area contributed by atoms with Crippen LogP contribution in [0.5, 0.6) is 0 Å². The average Bonchev–Trinajstić information content (AvgIpc) is 2.51. The molecule has 1 N–H and O–H groups in total. The van der Waals surface area contributed by atoms with Crippen molar-refractivity contribution in [1.29, 1.82) is 0 Å². The summed E-state index contributed by atoms with van der Waals surface area (Å²) < 4.78 is 0. The van der Waals surface area contributed by atoms with Crippen LogP contribution in [-0.2, 0) is 0 Å². The van der Waals surface area contributed by atoms with Gasteiger partial charge in [0.05, 0.1) is 8.07 Å². The first-order valence-electron chi connectivity index (χ1n) is 7.68. The fourth-order valence-electron chi connectivity index (χ4n) is 3.18. The van der Waals surface area contributed by atoms with Crippen LogP contribution in [-0.4, -0.2) is 39.2 Å². The van der Waals surface area contributed by atoms with Gasteiger partial charge in [-0.25, -0.2) is 4.98 Å². The quantitative estimate of drug-likeness (QED) is 0.837. The van der Waals surface area contributed by atoms with Crippen LogP contribution in [0.15, 0.2) is 18.3 Å². The van der Waals surface area contributed by atoms with E-state index in [1.165, 1.54) is 24.0 Å². The molecule has 1 fully saturated rings. The van der Waals surface area contributed by atoms with E-state index in [0.717, 1.165) is 26.2 Å². The standard InChI is InChI=1S/C15H27N3Si/c1-4-19(5-2,6-3)14-7-8-17-15(13-14)18-11-9-16-10-12-18/h7-8,13,16H,4-6,9-12H2,1-3H3. The molecule has 4 heteroatoms. The van der Waals surface area contributed by atoms with Crippen molar-refractivity contribution in [3.8, 4) is 0 Å². The minimum atomic E-state index is -1.27. The van der Waals surface area contributed by atoms with Gasteiger partial charge in [-0.05, 0) is 12.1 Å². The third-order valence-corrected chi connectivity index (χ3v) is 10.4. The normalized spacial score (nSPS) is 16.7. The average molecular weight is 277 g/mol. The van der Waals surface area contributed by atoms with E-state index in [1.807, 2.05) is 6.20 Å². The van der Waals surface area contributed by atoms with Gasteiger partial charge in [0, 0.05) is 32.4 Å². The molecule has 1 aromatic heterocycles. The minimum Gasteiger partial charge on any atom is -0.354 e. The van der Waals surface area contributed by atoms with E-state index in [-0.39, 0.29) is 0 Å². The van der Waals surface area contributed by atoms with Crippen molar-refractivity contribution in [1.82, 2.24) is 10.3 Å². The van der Waals surface area contributed by atoms with E-state index in [1.54, 1.807) is 5.19 Å². The van der Waals surface area contributed by atoms with Crippen molar-refractivity contribution in [3.63, 3.8) is 0 Å². The highest BCUT2D eigenvalue weighted by molar-refractivity contribution is 6.91. The lowest BCUT2D eigenvalue weighted by Crippen LogP contribution is -2.47. The van der Waals surface area contributed by atoms with Gasteiger partial charge in [0.2, 0.25) is 0 Å². The van der Waals surface area contributed by atoms with Crippen LogP contribution in [0.2, 0.25) is 18.1 Å². The lowest BCUT2D eigenvalue weighted by molar-refractivity contribution is 0.585. The van der Waals surface area contributed by atoms with Crippen molar-refractivity contribution < 1.29 is 0 Å². The minimum absolute atomic E-state index is 1.07. The molecule has 0 aromatic carbocycles. The maximum absolute atomic E-state index is 4.60. The number of pyridine rings is 1. The lowest BCUT2D eigenvalue weighted by atomic mass is 10.3. The van der Waals surface area contributed by atoms with Crippen molar-refractivity contribution in [3.05, 3.63) is 18.3 Å². The number of hydrogen-bond donors (Lipinski definition) is 1. The summed E-state index contributed by atoms with van der Waals surface area (Å²) in [5, 5.41) is 5.00. The van der Waals surface area contributed by atoms with Crippen LogP contribution in [0, 0.1) is 0 Å². The first kappa shape index (κ1) is 14.5. The van der Waals surface area contributed by atoms with Crippen LogP contribution in [0.4, 0.5) is 5.82 Å². The Bertz CT molecular complexity index is 390. The number of piperazine rings is 1. The molecule has 1 aliphatic rings. The molecule has 2 rings (SSSR count). The Hall–Kier alpha value is -0.873. The van der Waals surface area contributed by atoms with Gasteiger partial charge in [0.1, 0.15) is 5.82 Å². The number of nitrogens with one attached hydrogen (secondary N) is 1. The molecule has 0 radical (unpaired) electrons. The highest BCUT2D eigenvalue weighted by Gasteiger charge is 2.29. The molecule has 1 saturated heterocycles. The van der Waals surface area contributed by atoms with Crippen molar-refractivity contribution in [2.75, 3.05) is 31.1 Å². The first-order chi connectivity index (χ1) is 9.25. The Balaban J connectivity index is 2.27. The molecular weight excluding hydrogens is 250 g/mol. The van der Waals surface area contributed by atoms with Crippen LogP contribution < -0.4 is 15.4 Å². The number of nitrogens with zero attached hydrogens (tertiary/aromatic N) is 2. The molecule has 1 aliphatic heterocycles. The van der Waals surface area contributed by atoms with Gasteiger partial charge >= 0.3 is 0 Å². The predicted octanol–water partition coefficient (Wildman–Crippen LogP) is 2.21. The Morgan fingerprint density at radius 2 is 1.79 bits per heavy atom. The van der Waals surface area contributed by atoms with Gasteiger partial charge in [-0.2, -0.15) is 0 Å². The summed E-state index contributed by atoms with van der Waals surface area (Å²) in [6.07, 6.45) is 2.02. The molecule has 106 valence electrons. The zero-order valence-corrected chi connectivity index (χ0v) is 13.6. The number of anilines is 1.